The molecule has 1 unspecified atom stereocenters. The van der Waals surface area contributed by atoms with Gasteiger partial charge in [0.1, 0.15) is 5.82 Å². The second-order valence-electron chi connectivity index (χ2n) is 6.89. The molecule has 3 rings (SSSR count). The van der Waals surface area contributed by atoms with Gasteiger partial charge in [-0.05, 0) is 55.8 Å². The summed E-state index contributed by atoms with van der Waals surface area (Å²) >= 11 is 1.43. The predicted molar refractivity (Wildman–Crippen MR) is 106 cm³/mol. The Morgan fingerprint density at radius 2 is 2.00 bits per heavy atom. The van der Waals surface area contributed by atoms with Crippen LogP contribution in [0.4, 0.5) is 10.1 Å². The van der Waals surface area contributed by atoms with E-state index in [0.29, 0.717) is 11.3 Å². The van der Waals surface area contributed by atoms with Crippen molar-refractivity contribution in [2.75, 3.05) is 18.4 Å². The van der Waals surface area contributed by atoms with E-state index >= 15 is 0 Å². The minimum absolute atomic E-state index is 0.0318. The number of thiophene rings is 1. The molecular formula is C20H24FN3O2S. The van der Waals surface area contributed by atoms with E-state index in [-0.39, 0.29) is 29.7 Å². The van der Waals surface area contributed by atoms with Gasteiger partial charge >= 0.3 is 0 Å². The molecule has 2 amide bonds. The van der Waals surface area contributed by atoms with Gasteiger partial charge in [-0.1, -0.05) is 12.1 Å². The Morgan fingerprint density at radius 3 is 2.63 bits per heavy atom. The number of aryl methyl sites for hydroxylation is 1. The van der Waals surface area contributed by atoms with Crippen molar-refractivity contribution in [3.05, 3.63) is 52.0 Å². The van der Waals surface area contributed by atoms with E-state index in [4.69, 9.17) is 0 Å². The SMILES string of the molecule is Cc1ccc(NC(=O)C(C)N2CCC(NC(=O)c3cccs3)CC2)cc1F. The van der Waals surface area contributed by atoms with Crippen LogP contribution >= 0.6 is 11.3 Å². The van der Waals surface area contributed by atoms with Crippen LogP contribution in [0, 0.1) is 12.7 Å². The second-order valence-corrected chi connectivity index (χ2v) is 7.84. The minimum Gasteiger partial charge on any atom is -0.349 e. The van der Waals surface area contributed by atoms with E-state index in [1.165, 1.54) is 17.4 Å². The molecule has 144 valence electrons. The molecule has 0 spiro atoms. The van der Waals surface area contributed by atoms with Crippen molar-refractivity contribution in [1.29, 1.82) is 0 Å². The van der Waals surface area contributed by atoms with Crippen LogP contribution < -0.4 is 10.6 Å². The van der Waals surface area contributed by atoms with Crippen molar-refractivity contribution >= 4 is 28.8 Å². The van der Waals surface area contributed by atoms with Crippen LogP contribution in [0.25, 0.3) is 0 Å². The zero-order valence-electron chi connectivity index (χ0n) is 15.5. The molecule has 0 aliphatic carbocycles. The van der Waals surface area contributed by atoms with Crippen molar-refractivity contribution in [2.24, 2.45) is 0 Å². The second kappa shape index (κ2) is 8.63. The first-order valence-corrected chi connectivity index (χ1v) is 9.97. The molecule has 1 aromatic heterocycles. The number of nitrogens with one attached hydrogen (secondary N) is 2. The molecule has 1 aromatic carbocycles. The lowest BCUT2D eigenvalue weighted by Gasteiger charge is -2.35. The first-order valence-electron chi connectivity index (χ1n) is 9.09. The summed E-state index contributed by atoms with van der Waals surface area (Å²) < 4.78 is 13.6. The molecule has 2 N–H and O–H groups in total. The molecule has 1 aliphatic rings. The Bertz CT molecular complexity index is 802. The van der Waals surface area contributed by atoms with Gasteiger partial charge in [0.05, 0.1) is 10.9 Å². The molecule has 7 heteroatoms. The summed E-state index contributed by atoms with van der Waals surface area (Å²) in [7, 11) is 0. The van der Waals surface area contributed by atoms with Gasteiger partial charge in [0.2, 0.25) is 5.91 Å². The van der Waals surface area contributed by atoms with E-state index in [1.54, 1.807) is 19.1 Å². The Morgan fingerprint density at radius 1 is 1.26 bits per heavy atom. The largest absolute Gasteiger partial charge is 0.349 e. The predicted octanol–water partition coefficient (Wildman–Crippen LogP) is 3.42. The highest BCUT2D eigenvalue weighted by Gasteiger charge is 2.27. The molecule has 1 aliphatic heterocycles. The molecular weight excluding hydrogens is 365 g/mol. The van der Waals surface area contributed by atoms with Gasteiger partial charge in [0.15, 0.2) is 0 Å². The van der Waals surface area contributed by atoms with Gasteiger partial charge in [0.25, 0.3) is 5.91 Å². The number of piperidine rings is 1. The van der Waals surface area contributed by atoms with Gasteiger partial charge in [-0.3, -0.25) is 14.5 Å². The van der Waals surface area contributed by atoms with Crippen LogP contribution in [-0.2, 0) is 4.79 Å². The fourth-order valence-corrected chi connectivity index (χ4v) is 3.81. The molecule has 1 saturated heterocycles. The van der Waals surface area contributed by atoms with Crippen molar-refractivity contribution in [3.63, 3.8) is 0 Å². The molecule has 2 heterocycles. The number of hydrogen-bond donors (Lipinski definition) is 2. The highest BCUT2D eigenvalue weighted by Crippen LogP contribution is 2.18. The molecule has 27 heavy (non-hydrogen) atoms. The number of amides is 2. The van der Waals surface area contributed by atoms with Crippen LogP contribution in [-0.4, -0.2) is 41.9 Å². The number of halogens is 1. The summed E-state index contributed by atoms with van der Waals surface area (Å²) in [5.41, 5.74) is 1.01. The number of carbonyl (C=O) groups is 2. The average Bonchev–Trinajstić information content (AvgIpc) is 3.20. The Labute approximate surface area is 162 Å². The Hall–Kier alpha value is -2.25. The third kappa shape index (κ3) is 4.93. The molecule has 0 bridgehead atoms. The molecule has 1 fully saturated rings. The van der Waals surface area contributed by atoms with Gasteiger partial charge in [-0.15, -0.1) is 11.3 Å². The van der Waals surface area contributed by atoms with E-state index in [0.717, 1.165) is 30.8 Å². The first-order chi connectivity index (χ1) is 12.9. The maximum Gasteiger partial charge on any atom is 0.261 e. The van der Waals surface area contributed by atoms with Gasteiger partial charge in [-0.25, -0.2) is 4.39 Å². The summed E-state index contributed by atoms with van der Waals surface area (Å²) in [6.45, 7) is 4.99. The van der Waals surface area contributed by atoms with Crippen molar-refractivity contribution < 1.29 is 14.0 Å². The quantitative estimate of drug-likeness (QED) is 0.824. The minimum atomic E-state index is -0.331. The number of nitrogens with zero attached hydrogens (tertiary/aromatic N) is 1. The van der Waals surface area contributed by atoms with Crippen LogP contribution in [0.15, 0.2) is 35.7 Å². The Balaban J connectivity index is 1.48. The zero-order chi connectivity index (χ0) is 19.4. The van der Waals surface area contributed by atoms with Crippen LogP contribution in [0.5, 0.6) is 0 Å². The summed E-state index contributed by atoms with van der Waals surface area (Å²) in [4.78, 5) is 27.4. The number of hydrogen-bond acceptors (Lipinski definition) is 4. The maximum absolute atomic E-state index is 13.6. The summed E-state index contributed by atoms with van der Waals surface area (Å²) in [5.74, 6) is -0.516. The van der Waals surface area contributed by atoms with E-state index < -0.39 is 0 Å². The topological polar surface area (TPSA) is 61.4 Å². The number of anilines is 1. The number of carbonyl (C=O) groups excluding carboxylic acids is 2. The maximum atomic E-state index is 13.6. The van der Waals surface area contributed by atoms with Gasteiger partial charge < -0.3 is 10.6 Å². The van der Waals surface area contributed by atoms with E-state index in [9.17, 15) is 14.0 Å². The van der Waals surface area contributed by atoms with E-state index in [2.05, 4.69) is 15.5 Å². The summed E-state index contributed by atoms with van der Waals surface area (Å²) in [5, 5.41) is 7.73. The fourth-order valence-electron chi connectivity index (χ4n) is 3.18. The highest BCUT2D eigenvalue weighted by molar-refractivity contribution is 7.12. The summed E-state index contributed by atoms with van der Waals surface area (Å²) in [6, 6.07) is 8.18. The van der Waals surface area contributed by atoms with E-state index in [1.807, 2.05) is 24.4 Å². The average molecular weight is 389 g/mol. The molecule has 0 saturated carbocycles. The van der Waals surface area contributed by atoms with Crippen molar-refractivity contribution in [2.45, 2.75) is 38.8 Å². The van der Waals surface area contributed by atoms with Gasteiger partial charge in [0, 0.05) is 24.8 Å². The lowest BCUT2D eigenvalue weighted by molar-refractivity contribution is -0.121. The van der Waals surface area contributed by atoms with Crippen molar-refractivity contribution in [1.82, 2.24) is 10.2 Å². The molecule has 2 aromatic rings. The lowest BCUT2D eigenvalue weighted by atomic mass is 10.0. The van der Waals surface area contributed by atoms with Crippen LogP contribution in [0.2, 0.25) is 0 Å². The zero-order valence-corrected chi connectivity index (χ0v) is 16.3. The molecule has 1 atom stereocenters. The highest BCUT2D eigenvalue weighted by atomic mass is 32.1. The first kappa shape index (κ1) is 19.5. The smallest absolute Gasteiger partial charge is 0.261 e. The fraction of sp³-hybridized carbons (Fsp3) is 0.400. The van der Waals surface area contributed by atoms with Crippen LogP contribution in [0.1, 0.15) is 35.0 Å². The van der Waals surface area contributed by atoms with Gasteiger partial charge in [-0.2, -0.15) is 0 Å². The lowest BCUT2D eigenvalue weighted by Crippen LogP contribution is -2.50. The molecule has 0 radical (unpaired) electrons. The van der Waals surface area contributed by atoms with Crippen LogP contribution in [0.3, 0.4) is 0 Å². The number of likely N-dealkylation sites (tertiary alicyclic amines) is 1. The third-order valence-corrected chi connectivity index (χ3v) is 5.84. The number of rotatable bonds is 5. The standard InChI is InChI=1S/C20H24FN3O2S/c1-13-5-6-16(12-17(13)21)23-19(25)14(2)24-9-7-15(8-10-24)22-20(26)18-4-3-11-27-18/h3-6,11-12,14-15H,7-10H2,1-2H3,(H,22,26)(H,23,25). The number of benzene rings is 1. The summed E-state index contributed by atoms with van der Waals surface area (Å²) in [6.07, 6.45) is 1.60. The Kier molecular flexibility index (Phi) is 6.23. The molecule has 5 nitrogen and oxygen atoms in total. The third-order valence-electron chi connectivity index (χ3n) is 4.98. The normalized spacial score (nSPS) is 16.7. The monoisotopic (exact) mass is 389 g/mol. The van der Waals surface area contributed by atoms with Crippen molar-refractivity contribution in [3.8, 4) is 0 Å².